The summed E-state index contributed by atoms with van der Waals surface area (Å²) in [5, 5.41) is 12.2. The van der Waals surface area contributed by atoms with Gasteiger partial charge in [-0.3, -0.25) is 0 Å². The van der Waals surface area contributed by atoms with Crippen LogP contribution in [0.5, 0.6) is 0 Å². The molecule has 0 bridgehead atoms. The van der Waals surface area contributed by atoms with Gasteiger partial charge in [0.15, 0.2) is 5.82 Å². The number of tetrazole rings is 1. The van der Waals surface area contributed by atoms with Crippen LogP contribution in [0.3, 0.4) is 0 Å². The third kappa shape index (κ3) is 2.53. The minimum atomic E-state index is 0.525. The predicted octanol–water partition coefficient (Wildman–Crippen LogP) is 2.65. The van der Waals surface area contributed by atoms with Gasteiger partial charge < -0.3 is 4.90 Å². The molecular formula is C15H21N5. The zero-order valence-electron chi connectivity index (χ0n) is 12.4. The molecule has 2 aromatic rings. The molecule has 1 aliphatic carbocycles. The predicted molar refractivity (Wildman–Crippen MR) is 78.7 cm³/mol. The summed E-state index contributed by atoms with van der Waals surface area (Å²) in [6.45, 7) is 8.17. The molecule has 1 aromatic heterocycles. The van der Waals surface area contributed by atoms with Crippen LogP contribution in [0.1, 0.15) is 42.8 Å². The maximum absolute atomic E-state index is 4.20. The Morgan fingerprint density at radius 2 is 2.10 bits per heavy atom. The van der Waals surface area contributed by atoms with Gasteiger partial charge >= 0.3 is 0 Å². The van der Waals surface area contributed by atoms with Crippen molar-refractivity contribution in [3.05, 3.63) is 35.2 Å². The molecule has 1 aromatic carbocycles. The highest BCUT2D eigenvalue weighted by Crippen LogP contribution is 2.34. The van der Waals surface area contributed by atoms with Gasteiger partial charge in [0.25, 0.3) is 0 Å². The summed E-state index contributed by atoms with van der Waals surface area (Å²) < 4.78 is 1.99. The van der Waals surface area contributed by atoms with Gasteiger partial charge in [0.05, 0.1) is 12.6 Å². The molecule has 1 saturated carbocycles. The summed E-state index contributed by atoms with van der Waals surface area (Å²) in [4.78, 5) is 2.34. The molecule has 20 heavy (non-hydrogen) atoms. The fourth-order valence-electron chi connectivity index (χ4n) is 2.52. The van der Waals surface area contributed by atoms with E-state index < -0.39 is 0 Å². The fraction of sp³-hybridized carbons (Fsp3) is 0.533. The van der Waals surface area contributed by atoms with Gasteiger partial charge in [-0.2, -0.15) is 0 Å². The molecule has 106 valence electrons. The highest BCUT2D eigenvalue weighted by atomic mass is 15.6. The Morgan fingerprint density at radius 3 is 2.80 bits per heavy atom. The molecule has 0 radical (unpaired) electrons. The van der Waals surface area contributed by atoms with Crippen molar-refractivity contribution in [1.82, 2.24) is 20.2 Å². The molecule has 0 atom stereocenters. The average molecular weight is 271 g/mol. The molecule has 5 nitrogen and oxygen atoms in total. The number of benzene rings is 1. The molecule has 0 unspecified atom stereocenters. The van der Waals surface area contributed by atoms with E-state index in [-0.39, 0.29) is 0 Å². The number of hydrogen-bond acceptors (Lipinski definition) is 4. The van der Waals surface area contributed by atoms with Crippen molar-refractivity contribution in [2.45, 2.75) is 46.2 Å². The van der Waals surface area contributed by atoms with Gasteiger partial charge in [-0.25, -0.2) is 4.68 Å². The lowest BCUT2D eigenvalue weighted by Crippen LogP contribution is -2.25. The largest absolute Gasteiger partial charge is 0.364 e. The monoisotopic (exact) mass is 271 g/mol. The van der Waals surface area contributed by atoms with Crippen molar-refractivity contribution in [3.8, 4) is 0 Å². The van der Waals surface area contributed by atoms with Gasteiger partial charge in [0.1, 0.15) is 0 Å². The summed E-state index contributed by atoms with van der Waals surface area (Å²) in [7, 11) is 0. The number of hydrogen-bond donors (Lipinski definition) is 0. The maximum Gasteiger partial charge on any atom is 0.170 e. The van der Waals surface area contributed by atoms with Crippen LogP contribution in [0, 0.1) is 13.8 Å². The van der Waals surface area contributed by atoms with E-state index in [0.29, 0.717) is 6.04 Å². The van der Waals surface area contributed by atoms with E-state index in [2.05, 4.69) is 59.4 Å². The normalized spacial score (nSPS) is 14.6. The van der Waals surface area contributed by atoms with Crippen molar-refractivity contribution in [2.24, 2.45) is 0 Å². The van der Waals surface area contributed by atoms with Gasteiger partial charge in [0, 0.05) is 12.2 Å². The van der Waals surface area contributed by atoms with Crippen molar-refractivity contribution >= 4 is 5.69 Å². The molecule has 0 amide bonds. The Balaban J connectivity index is 1.86. The van der Waals surface area contributed by atoms with Gasteiger partial charge in [0.2, 0.25) is 0 Å². The molecule has 1 aliphatic rings. The molecule has 0 N–H and O–H groups in total. The van der Waals surface area contributed by atoms with E-state index in [1.807, 2.05) is 4.68 Å². The lowest BCUT2D eigenvalue weighted by atomic mass is 10.1. The van der Waals surface area contributed by atoms with Crippen LogP contribution in [0.15, 0.2) is 18.2 Å². The van der Waals surface area contributed by atoms with Gasteiger partial charge in [-0.05, 0) is 61.2 Å². The number of anilines is 1. The molecule has 5 heteroatoms. The summed E-state index contributed by atoms with van der Waals surface area (Å²) in [5.74, 6) is 0.968. The van der Waals surface area contributed by atoms with E-state index in [1.165, 1.54) is 29.7 Å². The lowest BCUT2D eigenvalue weighted by Gasteiger charge is -2.24. The highest BCUT2D eigenvalue weighted by Gasteiger charge is 2.28. The van der Waals surface area contributed by atoms with Crippen LogP contribution in [0.4, 0.5) is 5.69 Å². The number of aryl methyl sites for hydroxylation is 2. The molecule has 0 spiro atoms. The zero-order chi connectivity index (χ0) is 14.1. The molecule has 1 fully saturated rings. The summed E-state index contributed by atoms with van der Waals surface area (Å²) in [6, 6.07) is 7.10. The van der Waals surface area contributed by atoms with Crippen molar-refractivity contribution in [2.75, 3.05) is 11.4 Å². The summed E-state index contributed by atoms with van der Waals surface area (Å²) in [6.07, 6.45) is 2.40. The number of aromatic nitrogens is 4. The quantitative estimate of drug-likeness (QED) is 0.838. The minimum absolute atomic E-state index is 0.525. The smallest absolute Gasteiger partial charge is 0.170 e. The van der Waals surface area contributed by atoms with Crippen LogP contribution in [-0.4, -0.2) is 26.8 Å². The number of rotatable bonds is 5. The van der Waals surface area contributed by atoms with Crippen molar-refractivity contribution in [1.29, 1.82) is 0 Å². The summed E-state index contributed by atoms with van der Waals surface area (Å²) in [5.41, 5.74) is 3.85. The Bertz CT molecular complexity index is 600. The SMILES string of the molecule is CCN(Cc1nnnn1C1CC1)c1cc(C)ccc1C. The molecule has 1 heterocycles. The maximum atomic E-state index is 4.20. The lowest BCUT2D eigenvalue weighted by molar-refractivity contribution is 0.575. The Kier molecular flexibility index (Phi) is 3.42. The topological polar surface area (TPSA) is 46.8 Å². The molecule has 0 saturated heterocycles. The highest BCUT2D eigenvalue weighted by molar-refractivity contribution is 5.54. The minimum Gasteiger partial charge on any atom is -0.364 e. The first-order valence-electron chi connectivity index (χ1n) is 7.28. The Labute approximate surface area is 119 Å². The second kappa shape index (κ2) is 5.23. The van der Waals surface area contributed by atoms with Gasteiger partial charge in [-0.1, -0.05) is 12.1 Å². The van der Waals surface area contributed by atoms with E-state index in [4.69, 9.17) is 0 Å². The fourth-order valence-corrected chi connectivity index (χ4v) is 2.52. The zero-order valence-corrected chi connectivity index (χ0v) is 12.4. The van der Waals surface area contributed by atoms with E-state index in [9.17, 15) is 0 Å². The second-order valence-corrected chi connectivity index (χ2v) is 5.57. The molecule has 3 rings (SSSR count). The molecular weight excluding hydrogens is 250 g/mol. The first kappa shape index (κ1) is 13.1. The third-order valence-corrected chi connectivity index (χ3v) is 3.87. The van der Waals surface area contributed by atoms with Crippen LogP contribution >= 0.6 is 0 Å². The Hall–Kier alpha value is -1.91. The second-order valence-electron chi connectivity index (χ2n) is 5.57. The summed E-state index contributed by atoms with van der Waals surface area (Å²) >= 11 is 0. The molecule has 0 aliphatic heterocycles. The third-order valence-electron chi connectivity index (χ3n) is 3.87. The first-order chi connectivity index (χ1) is 9.69. The van der Waals surface area contributed by atoms with Crippen molar-refractivity contribution in [3.63, 3.8) is 0 Å². The van der Waals surface area contributed by atoms with E-state index >= 15 is 0 Å². The van der Waals surface area contributed by atoms with E-state index in [0.717, 1.165) is 18.9 Å². The van der Waals surface area contributed by atoms with Crippen LogP contribution in [0.2, 0.25) is 0 Å². The van der Waals surface area contributed by atoms with E-state index in [1.54, 1.807) is 0 Å². The first-order valence-corrected chi connectivity index (χ1v) is 7.28. The van der Waals surface area contributed by atoms with Crippen molar-refractivity contribution < 1.29 is 0 Å². The Morgan fingerprint density at radius 1 is 1.30 bits per heavy atom. The number of nitrogens with zero attached hydrogens (tertiary/aromatic N) is 5. The van der Waals surface area contributed by atoms with Crippen LogP contribution < -0.4 is 4.90 Å². The van der Waals surface area contributed by atoms with Crippen LogP contribution in [-0.2, 0) is 6.54 Å². The standard InChI is InChI=1S/C15H21N5/c1-4-19(14-9-11(2)5-6-12(14)3)10-15-16-17-18-20(15)13-7-8-13/h5-6,9,13H,4,7-8,10H2,1-3H3. The van der Waals surface area contributed by atoms with Crippen LogP contribution in [0.25, 0.3) is 0 Å². The van der Waals surface area contributed by atoms with Gasteiger partial charge in [-0.15, -0.1) is 5.10 Å². The average Bonchev–Trinajstić information content (AvgIpc) is 3.19.